The first-order valence-electron chi connectivity index (χ1n) is 7.58. The molecule has 1 aromatic carbocycles. The number of aromatic amines is 1. The lowest BCUT2D eigenvalue weighted by atomic mass is 9.84. The van der Waals surface area contributed by atoms with Gasteiger partial charge in [0.1, 0.15) is 5.52 Å². The SMILES string of the molecule is Nc1c(Cl)cc(C(=O)NC2CN3CCC2CC3)c2nc[nH]c12. The maximum atomic E-state index is 12.7. The number of fused-ring (bicyclic) bond motifs is 4. The van der Waals surface area contributed by atoms with E-state index in [0.29, 0.717) is 33.2 Å². The fraction of sp³-hybridized carbons (Fsp3) is 0.467. The van der Waals surface area contributed by atoms with Gasteiger partial charge >= 0.3 is 0 Å². The third-order valence-corrected chi connectivity index (χ3v) is 5.22. The molecule has 1 amide bonds. The second-order valence-electron chi connectivity index (χ2n) is 6.16. The van der Waals surface area contributed by atoms with Crippen molar-refractivity contribution in [2.24, 2.45) is 5.92 Å². The zero-order valence-electron chi connectivity index (χ0n) is 12.1. The first-order chi connectivity index (χ1) is 10.6. The number of imidazole rings is 1. The van der Waals surface area contributed by atoms with Gasteiger partial charge in [-0.25, -0.2) is 4.98 Å². The molecule has 2 aromatic rings. The first kappa shape index (κ1) is 13.8. The number of rotatable bonds is 2. The summed E-state index contributed by atoms with van der Waals surface area (Å²) in [7, 11) is 0. The summed E-state index contributed by atoms with van der Waals surface area (Å²) in [6, 6.07) is 1.82. The molecule has 1 aromatic heterocycles. The maximum Gasteiger partial charge on any atom is 0.253 e. The van der Waals surface area contributed by atoms with Crippen LogP contribution < -0.4 is 11.1 Å². The van der Waals surface area contributed by atoms with E-state index in [-0.39, 0.29) is 11.9 Å². The number of benzene rings is 1. The Kier molecular flexibility index (Phi) is 3.23. The average molecular weight is 320 g/mol. The van der Waals surface area contributed by atoms with E-state index >= 15 is 0 Å². The molecule has 6 nitrogen and oxygen atoms in total. The molecule has 1 atom stereocenters. The van der Waals surface area contributed by atoms with Crippen LogP contribution in [0.1, 0.15) is 23.2 Å². The van der Waals surface area contributed by atoms with Crippen molar-refractivity contribution in [3.8, 4) is 0 Å². The molecule has 0 aliphatic carbocycles. The van der Waals surface area contributed by atoms with Gasteiger partial charge in [-0.2, -0.15) is 0 Å². The summed E-state index contributed by atoms with van der Waals surface area (Å²) < 4.78 is 0. The molecule has 7 heteroatoms. The van der Waals surface area contributed by atoms with Gasteiger partial charge in [0.25, 0.3) is 5.91 Å². The van der Waals surface area contributed by atoms with Gasteiger partial charge < -0.3 is 20.9 Å². The number of anilines is 1. The minimum Gasteiger partial charge on any atom is -0.396 e. The van der Waals surface area contributed by atoms with Crippen LogP contribution in [0.2, 0.25) is 5.02 Å². The summed E-state index contributed by atoms with van der Waals surface area (Å²) in [6.07, 6.45) is 3.85. The number of nitrogens with zero attached hydrogens (tertiary/aromatic N) is 2. The van der Waals surface area contributed by atoms with Crippen LogP contribution in [-0.2, 0) is 0 Å². The van der Waals surface area contributed by atoms with Crippen molar-refractivity contribution in [3.63, 3.8) is 0 Å². The molecule has 116 valence electrons. The molecule has 0 radical (unpaired) electrons. The Morgan fingerprint density at radius 1 is 1.45 bits per heavy atom. The summed E-state index contributed by atoms with van der Waals surface area (Å²) in [4.78, 5) is 22.3. The summed E-state index contributed by atoms with van der Waals surface area (Å²) in [5, 5.41) is 3.53. The van der Waals surface area contributed by atoms with Crippen LogP contribution in [0, 0.1) is 5.92 Å². The number of halogens is 1. The lowest BCUT2D eigenvalue weighted by Crippen LogP contribution is -2.57. The van der Waals surface area contributed by atoms with Crippen molar-refractivity contribution in [3.05, 3.63) is 23.0 Å². The minimum absolute atomic E-state index is 0.127. The zero-order chi connectivity index (χ0) is 15.3. The summed E-state index contributed by atoms with van der Waals surface area (Å²) >= 11 is 6.14. The molecule has 4 N–H and O–H groups in total. The standard InChI is InChI=1S/C15H18ClN5O/c16-10-5-9(13-14(12(10)17)19-7-18-13)15(22)20-11-6-21-3-1-8(11)2-4-21/h5,7-8,11H,1-4,6,17H2,(H,18,19)(H,20,22). The predicted molar refractivity (Wildman–Crippen MR) is 85.9 cm³/mol. The van der Waals surface area contributed by atoms with Gasteiger partial charge in [0.15, 0.2) is 0 Å². The van der Waals surface area contributed by atoms with Gasteiger partial charge in [0.05, 0.1) is 28.1 Å². The topological polar surface area (TPSA) is 87.0 Å². The van der Waals surface area contributed by atoms with Crippen molar-refractivity contribution in [1.29, 1.82) is 0 Å². The molecule has 0 spiro atoms. The maximum absolute atomic E-state index is 12.7. The van der Waals surface area contributed by atoms with E-state index in [4.69, 9.17) is 17.3 Å². The largest absolute Gasteiger partial charge is 0.396 e. The van der Waals surface area contributed by atoms with Crippen LogP contribution in [0.3, 0.4) is 0 Å². The van der Waals surface area contributed by atoms with Crippen molar-refractivity contribution < 1.29 is 4.79 Å². The second kappa shape index (κ2) is 5.14. The van der Waals surface area contributed by atoms with Crippen molar-refractivity contribution in [2.45, 2.75) is 18.9 Å². The molecule has 0 saturated carbocycles. The van der Waals surface area contributed by atoms with Crippen LogP contribution in [-0.4, -0.2) is 46.5 Å². The number of nitrogens with one attached hydrogen (secondary N) is 2. The lowest BCUT2D eigenvalue weighted by Gasteiger charge is -2.44. The lowest BCUT2D eigenvalue weighted by molar-refractivity contribution is 0.0621. The number of hydrogen-bond acceptors (Lipinski definition) is 4. The fourth-order valence-electron chi connectivity index (χ4n) is 3.64. The van der Waals surface area contributed by atoms with Gasteiger partial charge in [0.2, 0.25) is 0 Å². The third-order valence-electron chi connectivity index (χ3n) is 4.91. The van der Waals surface area contributed by atoms with Gasteiger partial charge in [-0.15, -0.1) is 0 Å². The number of piperidine rings is 3. The molecule has 3 aliphatic heterocycles. The molecule has 5 rings (SSSR count). The number of amides is 1. The second-order valence-corrected chi connectivity index (χ2v) is 6.57. The van der Waals surface area contributed by atoms with Crippen molar-refractivity contribution >= 4 is 34.2 Å². The molecular weight excluding hydrogens is 302 g/mol. The highest BCUT2D eigenvalue weighted by molar-refractivity contribution is 6.35. The van der Waals surface area contributed by atoms with E-state index < -0.39 is 0 Å². The van der Waals surface area contributed by atoms with E-state index in [1.807, 2.05) is 0 Å². The Morgan fingerprint density at radius 3 is 2.91 bits per heavy atom. The number of nitrogen functional groups attached to an aromatic ring is 1. The van der Waals surface area contributed by atoms with Gasteiger partial charge in [0, 0.05) is 12.6 Å². The smallest absolute Gasteiger partial charge is 0.253 e. The Hall–Kier alpha value is -1.79. The van der Waals surface area contributed by atoms with E-state index in [1.165, 1.54) is 6.33 Å². The van der Waals surface area contributed by atoms with E-state index in [9.17, 15) is 4.79 Å². The molecule has 3 saturated heterocycles. The number of aromatic nitrogens is 2. The monoisotopic (exact) mass is 319 g/mol. The third kappa shape index (κ3) is 2.14. The van der Waals surface area contributed by atoms with Crippen LogP contribution >= 0.6 is 11.6 Å². The fourth-order valence-corrected chi connectivity index (χ4v) is 3.85. The van der Waals surface area contributed by atoms with E-state index in [2.05, 4.69) is 20.2 Å². The van der Waals surface area contributed by atoms with Gasteiger partial charge in [-0.1, -0.05) is 11.6 Å². The summed E-state index contributed by atoms with van der Waals surface area (Å²) in [6.45, 7) is 3.23. The van der Waals surface area contributed by atoms with Crippen molar-refractivity contribution in [1.82, 2.24) is 20.2 Å². The number of nitrogens with two attached hydrogens (primary N) is 1. The van der Waals surface area contributed by atoms with Gasteiger partial charge in [-0.3, -0.25) is 4.79 Å². The first-order valence-corrected chi connectivity index (χ1v) is 7.95. The highest BCUT2D eigenvalue weighted by Crippen LogP contribution is 2.31. The van der Waals surface area contributed by atoms with Crippen LogP contribution in [0.4, 0.5) is 5.69 Å². The average Bonchev–Trinajstić information content (AvgIpc) is 3.02. The summed E-state index contributed by atoms with van der Waals surface area (Å²) in [5.41, 5.74) is 8.01. The van der Waals surface area contributed by atoms with Crippen LogP contribution in [0.25, 0.3) is 11.0 Å². The number of H-pyrrole nitrogens is 1. The Labute approximate surface area is 133 Å². The van der Waals surface area contributed by atoms with Gasteiger partial charge in [-0.05, 0) is 37.9 Å². The van der Waals surface area contributed by atoms with Crippen LogP contribution in [0.5, 0.6) is 0 Å². The molecule has 4 heterocycles. The number of carbonyl (C=O) groups excluding carboxylic acids is 1. The molecule has 2 bridgehead atoms. The number of hydrogen-bond donors (Lipinski definition) is 3. The molecule has 3 fully saturated rings. The predicted octanol–water partition coefficient (Wildman–Crippen LogP) is 1.62. The normalized spacial score (nSPS) is 27.2. The Morgan fingerprint density at radius 2 is 2.23 bits per heavy atom. The molecule has 1 unspecified atom stereocenters. The summed E-state index contributed by atoms with van der Waals surface area (Å²) in [5.74, 6) is 0.450. The molecular formula is C15H18ClN5O. The van der Waals surface area contributed by atoms with Crippen LogP contribution in [0.15, 0.2) is 12.4 Å². The Bertz CT molecular complexity index is 735. The van der Waals surface area contributed by atoms with E-state index in [1.54, 1.807) is 6.07 Å². The molecule has 3 aliphatic rings. The highest BCUT2D eigenvalue weighted by Gasteiger charge is 2.35. The molecule has 22 heavy (non-hydrogen) atoms. The highest BCUT2D eigenvalue weighted by atomic mass is 35.5. The quantitative estimate of drug-likeness (QED) is 0.734. The number of carbonyl (C=O) groups is 1. The minimum atomic E-state index is -0.127. The van der Waals surface area contributed by atoms with E-state index in [0.717, 1.165) is 32.5 Å². The van der Waals surface area contributed by atoms with Crippen molar-refractivity contribution in [2.75, 3.05) is 25.4 Å². The zero-order valence-corrected chi connectivity index (χ0v) is 12.9. The Balaban J connectivity index is 1.63.